The Bertz CT molecular complexity index is 1900. The number of aryl methyl sites for hydroxylation is 1. The van der Waals surface area contributed by atoms with Gasteiger partial charge in [-0.05, 0) is 71.7 Å². The summed E-state index contributed by atoms with van der Waals surface area (Å²) in [6.07, 6.45) is 6.74. The summed E-state index contributed by atoms with van der Waals surface area (Å²) in [5.41, 5.74) is 6.91. The molecule has 5 aromatic rings. The van der Waals surface area contributed by atoms with Crippen molar-refractivity contribution in [1.29, 1.82) is 0 Å². The maximum atomic E-state index is 12.2. The van der Waals surface area contributed by atoms with Crippen molar-refractivity contribution >= 4 is 38.5 Å². The molecule has 1 N–H and O–H groups in total. The van der Waals surface area contributed by atoms with Crippen molar-refractivity contribution in [2.24, 2.45) is 10.8 Å². The van der Waals surface area contributed by atoms with Gasteiger partial charge in [0.15, 0.2) is 5.78 Å². The van der Waals surface area contributed by atoms with Crippen LogP contribution in [0.5, 0.6) is 0 Å². The minimum absolute atomic E-state index is 0. The summed E-state index contributed by atoms with van der Waals surface area (Å²) >= 11 is 0. The van der Waals surface area contributed by atoms with Crippen LogP contribution in [0.2, 0.25) is 0 Å². The molecule has 2 aromatic heterocycles. The van der Waals surface area contributed by atoms with Crippen LogP contribution in [0.15, 0.2) is 71.0 Å². The van der Waals surface area contributed by atoms with Crippen molar-refractivity contribution in [2.75, 3.05) is 0 Å². The Hall–Kier alpha value is -3.27. The Labute approximate surface area is 281 Å². The van der Waals surface area contributed by atoms with Crippen LogP contribution in [0.1, 0.15) is 97.8 Å². The molecule has 0 saturated carbocycles. The Morgan fingerprint density at radius 2 is 1.60 bits per heavy atom. The predicted octanol–water partition coefficient (Wildman–Crippen LogP) is 11.2. The standard InChI is InChI=1S/C25H18NO.C15H28O2.Ir/c1-14-10-11-15-13-26-24-16-6-4-8-19-21(16)22-18(7-5-9-20(22)27-19)25(2,3)23(24)17(15)12-14;1-7-14(5,8-2)12(16)11-13(17)15(6,9-3)10-4;/h4-5,7-13H,1-3H3;11,16H,7-10H2,1-6H3;/q-1;;/b;12-11-;. The van der Waals surface area contributed by atoms with Gasteiger partial charge in [-0.3, -0.25) is 4.79 Å². The van der Waals surface area contributed by atoms with E-state index in [1.807, 2.05) is 59.9 Å². The van der Waals surface area contributed by atoms with Gasteiger partial charge in [-0.1, -0.05) is 103 Å². The molecule has 0 fully saturated rings. The van der Waals surface area contributed by atoms with Crippen LogP contribution in [-0.4, -0.2) is 15.9 Å². The first kappa shape index (κ1) is 34.6. The summed E-state index contributed by atoms with van der Waals surface area (Å²) in [6.45, 7) is 18.8. The normalized spacial score (nSPS) is 14.1. The fourth-order valence-corrected chi connectivity index (χ4v) is 6.48. The van der Waals surface area contributed by atoms with Crippen molar-refractivity contribution in [3.05, 3.63) is 89.3 Å². The van der Waals surface area contributed by atoms with Gasteiger partial charge < -0.3 is 14.5 Å². The number of carbonyl (C=O) groups excluding carboxylic acids is 1. The van der Waals surface area contributed by atoms with Crippen molar-refractivity contribution in [2.45, 2.75) is 93.4 Å². The number of nitrogens with zero attached hydrogens (tertiary/aromatic N) is 1. The van der Waals surface area contributed by atoms with E-state index in [1.165, 1.54) is 38.9 Å². The van der Waals surface area contributed by atoms with Gasteiger partial charge in [0, 0.05) is 48.6 Å². The Morgan fingerprint density at radius 3 is 2.24 bits per heavy atom. The van der Waals surface area contributed by atoms with Crippen LogP contribution in [-0.2, 0) is 30.3 Å². The third-order valence-corrected chi connectivity index (χ3v) is 10.6. The van der Waals surface area contributed by atoms with Gasteiger partial charge >= 0.3 is 0 Å². The van der Waals surface area contributed by atoms with Crippen LogP contribution in [0.3, 0.4) is 0 Å². The summed E-state index contributed by atoms with van der Waals surface area (Å²) in [6, 6.07) is 20.4. The molecule has 1 aliphatic carbocycles. The predicted molar refractivity (Wildman–Crippen MR) is 183 cm³/mol. The van der Waals surface area contributed by atoms with E-state index in [4.69, 9.17) is 9.40 Å². The molecule has 0 saturated heterocycles. The largest absolute Gasteiger partial charge is 0.512 e. The molecular weight excluding hydrogens is 735 g/mol. The second kappa shape index (κ2) is 12.9. The zero-order chi connectivity index (χ0) is 32.0. The molecule has 0 spiro atoms. The van der Waals surface area contributed by atoms with Crippen LogP contribution in [0.4, 0.5) is 0 Å². The molecule has 2 heterocycles. The molecule has 6 rings (SSSR count). The number of hydrogen-bond donors (Lipinski definition) is 1. The van der Waals surface area contributed by atoms with E-state index >= 15 is 0 Å². The molecule has 0 amide bonds. The monoisotopic (exact) mass is 781 g/mol. The number of rotatable bonds is 7. The van der Waals surface area contributed by atoms with E-state index in [0.29, 0.717) is 0 Å². The van der Waals surface area contributed by atoms with Gasteiger partial charge in [0.2, 0.25) is 0 Å². The number of ketones is 1. The van der Waals surface area contributed by atoms with E-state index < -0.39 is 0 Å². The number of aromatic nitrogens is 1. The van der Waals surface area contributed by atoms with Crippen molar-refractivity contribution in [1.82, 2.24) is 4.98 Å². The number of hydrogen-bond acceptors (Lipinski definition) is 4. The summed E-state index contributed by atoms with van der Waals surface area (Å²) < 4.78 is 6.18. The number of carbonyl (C=O) groups is 1. The van der Waals surface area contributed by atoms with Crippen LogP contribution >= 0.6 is 0 Å². The molecule has 0 unspecified atom stereocenters. The fraction of sp³-hybridized carbons (Fsp3) is 0.400. The number of aliphatic hydroxyl groups is 1. The molecule has 0 atom stereocenters. The zero-order valence-corrected chi connectivity index (χ0v) is 30.5. The number of aliphatic hydroxyl groups excluding tert-OH is 1. The van der Waals surface area contributed by atoms with Crippen molar-refractivity contribution in [3.8, 4) is 11.3 Å². The molecule has 5 heteroatoms. The Morgan fingerprint density at radius 1 is 0.956 bits per heavy atom. The van der Waals surface area contributed by atoms with E-state index in [2.05, 4.69) is 63.2 Å². The molecule has 4 nitrogen and oxygen atoms in total. The van der Waals surface area contributed by atoms with Gasteiger partial charge in [-0.25, -0.2) is 0 Å². The maximum Gasteiger partial charge on any atom is 0.164 e. The minimum atomic E-state index is -0.337. The second-order valence-corrected chi connectivity index (χ2v) is 13.5. The first-order valence-electron chi connectivity index (χ1n) is 16.1. The Kier molecular flexibility index (Phi) is 9.88. The molecule has 1 radical (unpaired) electrons. The van der Waals surface area contributed by atoms with E-state index in [0.717, 1.165) is 53.5 Å². The molecule has 1 aliphatic rings. The van der Waals surface area contributed by atoms with E-state index in [1.54, 1.807) is 0 Å². The number of furan rings is 1. The molecular formula is C40H46IrNO3-. The first-order chi connectivity index (χ1) is 20.8. The van der Waals surface area contributed by atoms with Crippen LogP contribution in [0.25, 0.3) is 44.0 Å². The molecule has 3 aromatic carbocycles. The molecule has 239 valence electrons. The second-order valence-electron chi connectivity index (χ2n) is 13.5. The fourth-order valence-electron chi connectivity index (χ4n) is 6.48. The summed E-state index contributed by atoms with van der Waals surface area (Å²) in [5, 5.41) is 14.9. The zero-order valence-electron chi connectivity index (χ0n) is 28.1. The SMILES string of the molecule is CCC(C)(CC)C(=O)/C=C(\O)C(C)(CC)CC.Cc1ccc2cnc3c(c2c1)C(C)(C)c1cccc2oc4cc[c-]c-3c4c12.[Ir]. The van der Waals surface area contributed by atoms with Gasteiger partial charge in [0.05, 0.1) is 5.58 Å². The number of allylic oxidation sites excluding steroid dienone is 2. The summed E-state index contributed by atoms with van der Waals surface area (Å²) in [5.74, 6) is 0.286. The van der Waals surface area contributed by atoms with E-state index in [-0.39, 0.29) is 47.9 Å². The molecule has 0 bridgehead atoms. The van der Waals surface area contributed by atoms with Gasteiger partial charge in [-0.15, -0.1) is 17.7 Å². The minimum Gasteiger partial charge on any atom is -0.512 e. The topological polar surface area (TPSA) is 63.3 Å². The van der Waals surface area contributed by atoms with Crippen LogP contribution in [0, 0.1) is 23.8 Å². The average Bonchev–Trinajstić information content (AvgIpc) is 3.38. The third kappa shape index (κ3) is 5.79. The van der Waals surface area contributed by atoms with E-state index in [9.17, 15) is 9.90 Å². The third-order valence-electron chi connectivity index (χ3n) is 10.6. The van der Waals surface area contributed by atoms with Gasteiger partial charge in [-0.2, -0.15) is 0 Å². The van der Waals surface area contributed by atoms with Crippen molar-refractivity contribution < 1.29 is 34.4 Å². The van der Waals surface area contributed by atoms with Gasteiger partial charge in [0.25, 0.3) is 0 Å². The Balaban J connectivity index is 0.000000226. The molecule has 45 heavy (non-hydrogen) atoms. The number of benzene rings is 3. The number of fused-ring (bicyclic) bond motifs is 4. The quantitative estimate of drug-likeness (QED) is 0.101. The average molecular weight is 781 g/mol. The summed E-state index contributed by atoms with van der Waals surface area (Å²) in [4.78, 5) is 17.1. The maximum absolute atomic E-state index is 12.2. The molecule has 0 aliphatic heterocycles. The van der Waals surface area contributed by atoms with Crippen LogP contribution < -0.4 is 0 Å². The number of pyridine rings is 1. The van der Waals surface area contributed by atoms with Crippen molar-refractivity contribution in [3.63, 3.8) is 0 Å². The van der Waals surface area contributed by atoms with Gasteiger partial charge in [0.1, 0.15) is 11.3 Å². The first-order valence-corrected chi connectivity index (χ1v) is 16.1. The smallest absolute Gasteiger partial charge is 0.164 e. The summed E-state index contributed by atoms with van der Waals surface area (Å²) in [7, 11) is 0.